The molecule has 5 heteroatoms. The number of halogens is 1. The van der Waals surface area contributed by atoms with E-state index in [4.69, 9.17) is 17.3 Å². The average Bonchev–Trinajstić information content (AvgIpc) is 2.41. The molecule has 0 radical (unpaired) electrons. The van der Waals surface area contributed by atoms with Crippen molar-refractivity contribution in [3.8, 4) is 0 Å². The number of hydrogen-bond acceptors (Lipinski definition) is 3. The third kappa shape index (κ3) is 6.38. The summed E-state index contributed by atoms with van der Waals surface area (Å²) in [5.41, 5.74) is 6.27. The van der Waals surface area contributed by atoms with E-state index in [1.54, 1.807) is 18.2 Å². The van der Waals surface area contributed by atoms with Crippen molar-refractivity contribution in [2.45, 2.75) is 18.9 Å². The van der Waals surface area contributed by atoms with Crippen molar-refractivity contribution in [1.29, 1.82) is 0 Å². The van der Waals surface area contributed by atoms with Crippen LogP contribution in [0.5, 0.6) is 0 Å². The average molecular weight is 283 g/mol. The lowest BCUT2D eigenvalue weighted by Gasteiger charge is -2.10. The van der Waals surface area contributed by atoms with Gasteiger partial charge < -0.3 is 16.2 Å². The fraction of sp³-hybridized carbons (Fsp3) is 0.357. The summed E-state index contributed by atoms with van der Waals surface area (Å²) in [6, 6.07) is 7.39. The predicted molar refractivity (Wildman–Crippen MR) is 77.0 cm³/mol. The molecule has 0 heterocycles. The van der Waals surface area contributed by atoms with Crippen LogP contribution in [0.2, 0.25) is 5.02 Å². The zero-order valence-corrected chi connectivity index (χ0v) is 11.4. The zero-order valence-electron chi connectivity index (χ0n) is 10.7. The molecule has 0 spiro atoms. The highest BCUT2D eigenvalue weighted by atomic mass is 35.5. The van der Waals surface area contributed by atoms with Crippen LogP contribution in [-0.2, 0) is 11.2 Å². The minimum Gasteiger partial charge on any atom is -0.383 e. The summed E-state index contributed by atoms with van der Waals surface area (Å²) in [7, 11) is 0. The molecule has 0 saturated heterocycles. The molecule has 104 valence electrons. The lowest BCUT2D eigenvalue weighted by molar-refractivity contribution is -0.129. The highest BCUT2D eigenvalue weighted by Gasteiger charge is 2.13. The summed E-state index contributed by atoms with van der Waals surface area (Å²) in [6.07, 6.45) is 3.46. The van der Waals surface area contributed by atoms with Gasteiger partial charge in [0.2, 0.25) is 5.91 Å². The van der Waals surface area contributed by atoms with Crippen LogP contribution in [0.1, 0.15) is 12.0 Å². The number of aryl methyl sites for hydroxylation is 1. The van der Waals surface area contributed by atoms with E-state index in [-0.39, 0.29) is 5.91 Å². The molecule has 1 amide bonds. The Balaban J connectivity index is 2.32. The van der Waals surface area contributed by atoms with Gasteiger partial charge in [-0.2, -0.15) is 0 Å². The van der Waals surface area contributed by atoms with Gasteiger partial charge in [0.25, 0.3) is 0 Å². The monoisotopic (exact) mass is 282 g/mol. The SMILES string of the molecule is NCC=CCNC(=O)C(O)CCc1cccc(Cl)c1. The van der Waals surface area contributed by atoms with Gasteiger partial charge in [0.05, 0.1) is 0 Å². The first-order valence-electron chi connectivity index (χ1n) is 6.18. The Bertz CT molecular complexity index is 435. The highest BCUT2D eigenvalue weighted by molar-refractivity contribution is 6.30. The summed E-state index contributed by atoms with van der Waals surface area (Å²) in [5, 5.41) is 13.0. The van der Waals surface area contributed by atoms with Crippen molar-refractivity contribution < 1.29 is 9.90 Å². The Morgan fingerprint density at radius 1 is 1.47 bits per heavy atom. The summed E-state index contributed by atoms with van der Waals surface area (Å²) >= 11 is 5.86. The van der Waals surface area contributed by atoms with Crippen LogP contribution in [0.3, 0.4) is 0 Å². The van der Waals surface area contributed by atoms with E-state index in [1.165, 1.54) is 0 Å². The van der Waals surface area contributed by atoms with Crippen molar-refractivity contribution in [3.63, 3.8) is 0 Å². The molecular formula is C14H19ClN2O2. The molecule has 0 aliphatic rings. The number of benzene rings is 1. The lowest BCUT2D eigenvalue weighted by atomic mass is 10.1. The van der Waals surface area contributed by atoms with E-state index in [9.17, 15) is 9.90 Å². The Kier molecular flexibility index (Phi) is 7.18. The summed E-state index contributed by atoms with van der Waals surface area (Å²) in [5.74, 6) is -0.372. The standard InChI is InChI=1S/C14H19ClN2O2/c15-12-5-3-4-11(10-12)6-7-13(18)14(19)17-9-2-1-8-16/h1-5,10,13,18H,6-9,16H2,(H,17,19). The maximum Gasteiger partial charge on any atom is 0.249 e. The molecule has 0 aliphatic carbocycles. The molecule has 19 heavy (non-hydrogen) atoms. The number of aliphatic hydroxyl groups excluding tert-OH is 1. The van der Waals surface area contributed by atoms with Gasteiger partial charge in [-0.1, -0.05) is 35.9 Å². The third-order valence-corrected chi connectivity index (χ3v) is 2.83. The van der Waals surface area contributed by atoms with Gasteiger partial charge in [-0.05, 0) is 30.5 Å². The number of aliphatic hydroxyl groups is 1. The maximum absolute atomic E-state index is 11.5. The van der Waals surface area contributed by atoms with Gasteiger partial charge in [-0.3, -0.25) is 4.79 Å². The number of nitrogens with one attached hydrogen (secondary N) is 1. The summed E-state index contributed by atoms with van der Waals surface area (Å²) in [6.45, 7) is 0.817. The lowest BCUT2D eigenvalue weighted by Crippen LogP contribution is -2.34. The van der Waals surface area contributed by atoms with E-state index < -0.39 is 6.10 Å². The second-order valence-electron chi connectivity index (χ2n) is 4.14. The molecule has 0 fully saturated rings. The van der Waals surface area contributed by atoms with Crippen molar-refractivity contribution in [1.82, 2.24) is 5.32 Å². The number of nitrogens with two attached hydrogens (primary N) is 1. The third-order valence-electron chi connectivity index (χ3n) is 2.60. The number of carbonyl (C=O) groups is 1. The Labute approximate surface area is 118 Å². The summed E-state index contributed by atoms with van der Waals surface area (Å²) in [4.78, 5) is 11.5. The Hall–Kier alpha value is -1.36. The van der Waals surface area contributed by atoms with E-state index in [2.05, 4.69) is 5.32 Å². The molecule has 0 bridgehead atoms. The van der Waals surface area contributed by atoms with Crippen LogP contribution in [0.25, 0.3) is 0 Å². The molecule has 4 nitrogen and oxygen atoms in total. The van der Waals surface area contributed by atoms with Gasteiger partial charge in [0, 0.05) is 18.1 Å². The van der Waals surface area contributed by atoms with Gasteiger partial charge in [-0.25, -0.2) is 0 Å². The van der Waals surface area contributed by atoms with Gasteiger partial charge in [0.15, 0.2) is 0 Å². The molecule has 0 aliphatic heterocycles. The number of amides is 1. The van der Waals surface area contributed by atoms with Gasteiger partial charge >= 0.3 is 0 Å². The topological polar surface area (TPSA) is 75.3 Å². The smallest absolute Gasteiger partial charge is 0.249 e. The molecule has 1 atom stereocenters. The highest BCUT2D eigenvalue weighted by Crippen LogP contribution is 2.12. The first kappa shape index (κ1) is 15.7. The fourth-order valence-corrected chi connectivity index (χ4v) is 1.80. The van der Waals surface area contributed by atoms with Crippen LogP contribution >= 0.6 is 11.6 Å². The number of rotatable bonds is 7. The van der Waals surface area contributed by atoms with Crippen LogP contribution in [-0.4, -0.2) is 30.2 Å². The molecule has 1 unspecified atom stereocenters. The van der Waals surface area contributed by atoms with E-state index >= 15 is 0 Å². The first-order chi connectivity index (χ1) is 9.13. The Morgan fingerprint density at radius 2 is 2.26 bits per heavy atom. The van der Waals surface area contributed by atoms with Crippen molar-refractivity contribution in [2.24, 2.45) is 5.73 Å². The van der Waals surface area contributed by atoms with Crippen LogP contribution in [0.15, 0.2) is 36.4 Å². The largest absolute Gasteiger partial charge is 0.383 e. The van der Waals surface area contributed by atoms with Crippen LogP contribution in [0, 0.1) is 0 Å². The van der Waals surface area contributed by atoms with E-state index in [0.717, 1.165) is 5.56 Å². The minimum atomic E-state index is -1.01. The normalized spacial score (nSPS) is 12.6. The molecule has 1 aromatic carbocycles. The molecular weight excluding hydrogens is 264 g/mol. The molecule has 0 saturated carbocycles. The molecule has 1 aromatic rings. The molecule has 4 N–H and O–H groups in total. The summed E-state index contributed by atoms with van der Waals surface area (Å²) < 4.78 is 0. The van der Waals surface area contributed by atoms with Crippen molar-refractivity contribution >= 4 is 17.5 Å². The van der Waals surface area contributed by atoms with E-state index in [1.807, 2.05) is 18.2 Å². The molecule has 1 rings (SSSR count). The maximum atomic E-state index is 11.5. The second-order valence-corrected chi connectivity index (χ2v) is 4.57. The fourth-order valence-electron chi connectivity index (χ4n) is 1.58. The first-order valence-corrected chi connectivity index (χ1v) is 6.56. The number of carbonyl (C=O) groups excluding carboxylic acids is 1. The van der Waals surface area contributed by atoms with Crippen LogP contribution < -0.4 is 11.1 Å². The van der Waals surface area contributed by atoms with Crippen molar-refractivity contribution in [2.75, 3.05) is 13.1 Å². The van der Waals surface area contributed by atoms with Crippen LogP contribution in [0.4, 0.5) is 0 Å². The Morgan fingerprint density at radius 3 is 2.95 bits per heavy atom. The quantitative estimate of drug-likeness (QED) is 0.659. The van der Waals surface area contributed by atoms with Gasteiger partial charge in [0.1, 0.15) is 6.10 Å². The predicted octanol–water partition coefficient (Wildman–Crippen LogP) is 1.26. The van der Waals surface area contributed by atoms with E-state index in [0.29, 0.717) is 31.0 Å². The number of hydrogen-bond donors (Lipinski definition) is 3. The second kappa shape index (κ2) is 8.69. The van der Waals surface area contributed by atoms with Gasteiger partial charge in [-0.15, -0.1) is 0 Å². The molecule has 0 aromatic heterocycles. The zero-order chi connectivity index (χ0) is 14.1. The van der Waals surface area contributed by atoms with Crippen molar-refractivity contribution in [3.05, 3.63) is 47.0 Å². The minimum absolute atomic E-state index is 0.368.